The predicted octanol–water partition coefficient (Wildman–Crippen LogP) is 3.99. The van der Waals surface area contributed by atoms with Crippen LogP contribution in [0.1, 0.15) is 18.1 Å². The zero-order valence-corrected chi connectivity index (χ0v) is 14.3. The largest absolute Gasteiger partial charge is 0.362 e. The number of hydrogen-bond acceptors (Lipinski definition) is 5. The summed E-state index contributed by atoms with van der Waals surface area (Å²) in [4.78, 5) is 20.6. The number of aromatic nitrogens is 2. The summed E-state index contributed by atoms with van der Waals surface area (Å²) in [6.45, 7) is 2.41. The molecule has 0 fully saturated rings. The first-order valence-electron chi connectivity index (χ1n) is 7.94. The highest BCUT2D eigenvalue weighted by Gasteiger charge is 2.07. The molecule has 0 aliphatic rings. The highest BCUT2D eigenvalue weighted by molar-refractivity contribution is 7.13. The Hall–Kier alpha value is -2.53. The van der Waals surface area contributed by atoms with Gasteiger partial charge in [0.05, 0.1) is 6.54 Å². The van der Waals surface area contributed by atoms with E-state index in [-0.39, 0.29) is 12.3 Å². The molecule has 0 radical (unpaired) electrons. The van der Waals surface area contributed by atoms with Crippen LogP contribution in [-0.4, -0.2) is 22.3 Å². The van der Waals surface area contributed by atoms with Crippen LogP contribution in [0, 0.1) is 0 Å². The van der Waals surface area contributed by atoms with E-state index >= 15 is 0 Å². The molecule has 5 heteroatoms. The van der Waals surface area contributed by atoms with Crippen LogP contribution >= 0.6 is 11.3 Å². The number of thiazole rings is 1. The molecule has 0 aliphatic carbocycles. The number of aryl methyl sites for hydroxylation is 1. The van der Waals surface area contributed by atoms with Gasteiger partial charge in [-0.2, -0.15) is 0 Å². The van der Waals surface area contributed by atoms with Gasteiger partial charge in [-0.25, -0.2) is 4.98 Å². The monoisotopic (exact) mass is 337 g/mol. The second kappa shape index (κ2) is 7.84. The summed E-state index contributed by atoms with van der Waals surface area (Å²) in [5.41, 5.74) is 3.37. The van der Waals surface area contributed by atoms with Gasteiger partial charge in [0, 0.05) is 29.8 Å². The first-order chi connectivity index (χ1) is 11.7. The fourth-order valence-corrected chi connectivity index (χ4v) is 3.14. The quantitative estimate of drug-likeness (QED) is 0.708. The van der Waals surface area contributed by atoms with Gasteiger partial charge in [-0.1, -0.05) is 31.2 Å². The fraction of sp³-hybridized carbons (Fsp3) is 0.211. The summed E-state index contributed by atoms with van der Waals surface area (Å²) in [5, 5.41) is 5.96. The van der Waals surface area contributed by atoms with Crippen molar-refractivity contribution in [3.05, 3.63) is 65.3 Å². The molecule has 3 rings (SSSR count). The molecule has 0 saturated heterocycles. The van der Waals surface area contributed by atoms with Crippen molar-refractivity contribution in [1.29, 1.82) is 0 Å². The predicted molar refractivity (Wildman–Crippen MR) is 98.4 cm³/mol. The van der Waals surface area contributed by atoms with E-state index < -0.39 is 0 Å². The Kier molecular flexibility index (Phi) is 5.33. The number of ketones is 1. The van der Waals surface area contributed by atoms with Crippen molar-refractivity contribution in [2.75, 3.05) is 11.9 Å². The molecule has 0 bridgehead atoms. The fourth-order valence-electron chi connectivity index (χ4n) is 2.35. The number of nitrogens with one attached hydrogen (secondary N) is 1. The SMILES string of the molecule is CCc1ccc(CC(=O)CNc2csc(-c3ccncc3)n2)cc1. The second-order valence-corrected chi connectivity index (χ2v) is 6.37. The van der Waals surface area contributed by atoms with Crippen LogP contribution in [0.2, 0.25) is 0 Å². The molecule has 2 aromatic heterocycles. The molecule has 2 heterocycles. The zero-order valence-electron chi connectivity index (χ0n) is 13.5. The number of carbonyl (C=O) groups is 1. The molecule has 4 nitrogen and oxygen atoms in total. The average molecular weight is 337 g/mol. The van der Waals surface area contributed by atoms with E-state index in [1.54, 1.807) is 23.7 Å². The maximum absolute atomic E-state index is 12.1. The minimum Gasteiger partial charge on any atom is -0.362 e. The van der Waals surface area contributed by atoms with Crippen molar-refractivity contribution in [3.63, 3.8) is 0 Å². The smallest absolute Gasteiger partial charge is 0.156 e. The molecule has 24 heavy (non-hydrogen) atoms. The van der Waals surface area contributed by atoms with Crippen molar-refractivity contribution in [1.82, 2.24) is 9.97 Å². The Labute approximate surface area is 145 Å². The van der Waals surface area contributed by atoms with E-state index in [9.17, 15) is 4.79 Å². The zero-order chi connectivity index (χ0) is 16.8. The van der Waals surface area contributed by atoms with Crippen LogP contribution < -0.4 is 5.32 Å². The maximum atomic E-state index is 12.1. The first-order valence-corrected chi connectivity index (χ1v) is 8.82. The van der Waals surface area contributed by atoms with Crippen molar-refractivity contribution < 1.29 is 4.79 Å². The average Bonchev–Trinajstić information content (AvgIpc) is 3.10. The van der Waals surface area contributed by atoms with Crippen molar-refractivity contribution in [2.24, 2.45) is 0 Å². The molecular formula is C19H19N3OS. The lowest BCUT2D eigenvalue weighted by Crippen LogP contribution is -2.16. The molecule has 1 N–H and O–H groups in total. The molecule has 0 aliphatic heterocycles. The van der Waals surface area contributed by atoms with E-state index in [1.807, 2.05) is 29.6 Å². The third-order valence-corrected chi connectivity index (χ3v) is 4.62. The Morgan fingerprint density at radius 1 is 1.08 bits per heavy atom. The number of carbonyl (C=O) groups excluding carboxylic acids is 1. The third-order valence-electron chi connectivity index (χ3n) is 3.73. The van der Waals surface area contributed by atoms with Crippen LogP contribution in [0.3, 0.4) is 0 Å². The van der Waals surface area contributed by atoms with Gasteiger partial charge in [0.15, 0.2) is 5.78 Å². The molecule has 122 valence electrons. The summed E-state index contributed by atoms with van der Waals surface area (Å²) in [7, 11) is 0. The van der Waals surface area contributed by atoms with E-state index in [1.165, 1.54) is 5.56 Å². The van der Waals surface area contributed by atoms with Crippen LogP contribution in [0.15, 0.2) is 54.2 Å². The molecule has 3 aromatic rings. The summed E-state index contributed by atoms with van der Waals surface area (Å²) < 4.78 is 0. The van der Waals surface area contributed by atoms with Gasteiger partial charge in [0.1, 0.15) is 10.8 Å². The number of rotatable bonds is 7. The Balaban J connectivity index is 1.53. The molecule has 0 saturated carbocycles. The number of nitrogens with zero attached hydrogens (tertiary/aromatic N) is 2. The topological polar surface area (TPSA) is 54.9 Å². The Morgan fingerprint density at radius 2 is 1.79 bits per heavy atom. The molecule has 1 aromatic carbocycles. The minimum absolute atomic E-state index is 0.151. The Bertz CT molecular complexity index is 797. The Morgan fingerprint density at radius 3 is 2.50 bits per heavy atom. The van der Waals surface area contributed by atoms with Gasteiger partial charge in [-0.15, -0.1) is 11.3 Å². The number of benzene rings is 1. The number of anilines is 1. The van der Waals surface area contributed by atoms with Crippen LogP contribution in [-0.2, 0) is 17.6 Å². The van der Waals surface area contributed by atoms with Gasteiger partial charge in [-0.3, -0.25) is 9.78 Å². The number of Topliss-reactive ketones (excluding diaryl/α,β-unsaturated/α-hetero) is 1. The molecule has 0 unspecified atom stereocenters. The van der Waals surface area contributed by atoms with Crippen molar-refractivity contribution in [2.45, 2.75) is 19.8 Å². The highest BCUT2D eigenvalue weighted by Crippen LogP contribution is 2.24. The molecule has 0 spiro atoms. The van der Waals surface area contributed by atoms with Gasteiger partial charge in [0.2, 0.25) is 0 Å². The lowest BCUT2D eigenvalue weighted by molar-refractivity contribution is -0.116. The van der Waals surface area contributed by atoms with Crippen LogP contribution in [0.4, 0.5) is 5.82 Å². The van der Waals surface area contributed by atoms with Crippen molar-refractivity contribution >= 4 is 22.9 Å². The number of hydrogen-bond donors (Lipinski definition) is 1. The molecule has 0 atom stereocenters. The molecule has 0 amide bonds. The molecular weight excluding hydrogens is 318 g/mol. The maximum Gasteiger partial charge on any atom is 0.156 e. The van der Waals surface area contributed by atoms with E-state index in [0.29, 0.717) is 6.42 Å². The van der Waals surface area contributed by atoms with E-state index in [4.69, 9.17) is 0 Å². The normalized spacial score (nSPS) is 10.5. The van der Waals surface area contributed by atoms with Gasteiger partial charge in [0.25, 0.3) is 0 Å². The lowest BCUT2D eigenvalue weighted by atomic mass is 10.1. The standard InChI is InChI=1S/C19H19N3OS/c1-2-14-3-5-15(6-4-14)11-17(23)12-21-18-13-24-19(22-18)16-7-9-20-10-8-16/h3-10,13,21H,2,11-12H2,1H3. The highest BCUT2D eigenvalue weighted by atomic mass is 32.1. The minimum atomic E-state index is 0.151. The van der Waals surface area contributed by atoms with Gasteiger partial charge in [-0.05, 0) is 29.7 Å². The van der Waals surface area contributed by atoms with E-state index in [2.05, 4.69) is 34.3 Å². The summed E-state index contributed by atoms with van der Waals surface area (Å²) in [6, 6.07) is 12.1. The first kappa shape index (κ1) is 16.3. The summed E-state index contributed by atoms with van der Waals surface area (Å²) in [6.07, 6.45) is 4.95. The number of pyridine rings is 1. The van der Waals surface area contributed by atoms with Gasteiger partial charge < -0.3 is 5.32 Å². The third kappa shape index (κ3) is 4.26. The van der Waals surface area contributed by atoms with E-state index in [0.717, 1.165) is 28.4 Å². The summed E-state index contributed by atoms with van der Waals surface area (Å²) >= 11 is 1.55. The lowest BCUT2D eigenvalue weighted by Gasteiger charge is -2.04. The second-order valence-electron chi connectivity index (χ2n) is 5.51. The van der Waals surface area contributed by atoms with Crippen LogP contribution in [0.25, 0.3) is 10.6 Å². The van der Waals surface area contributed by atoms with Gasteiger partial charge >= 0.3 is 0 Å². The summed E-state index contributed by atoms with van der Waals surface area (Å²) in [5.74, 6) is 0.888. The van der Waals surface area contributed by atoms with Crippen molar-refractivity contribution in [3.8, 4) is 10.6 Å². The van der Waals surface area contributed by atoms with Crippen LogP contribution in [0.5, 0.6) is 0 Å².